The van der Waals surface area contributed by atoms with Crippen LogP contribution in [-0.4, -0.2) is 42.8 Å². The fourth-order valence-electron chi connectivity index (χ4n) is 3.52. The quantitative estimate of drug-likeness (QED) is 0.474. The molecule has 1 fully saturated rings. The van der Waals surface area contributed by atoms with Crippen LogP contribution in [0.1, 0.15) is 43.0 Å². The molecular weight excluding hydrogens is 294 g/mol. The molecule has 6 nitrogen and oxygen atoms in total. The number of hydrogen-bond donors (Lipinski definition) is 1. The number of ketones is 1. The molecule has 1 aliphatic rings. The molecule has 0 aliphatic heterocycles. The van der Waals surface area contributed by atoms with Gasteiger partial charge in [0.15, 0.2) is 5.78 Å². The Morgan fingerprint density at radius 3 is 2.52 bits per heavy atom. The van der Waals surface area contributed by atoms with E-state index in [1.807, 2.05) is 0 Å². The molecule has 0 amide bonds. The molecule has 0 aromatic heterocycles. The molecule has 0 heterocycles. The molecule has 1 aromatic rings. The summed E-state index contributed by atoms with van der Waals surface area (Å²) in [5.41, 5.74) is 0.989. The predicted molar refractivity (Wildman–Crippen MR) is 91.0 cm³/mol. The molecule has 1 aromatic carbocycles. The van der Waals surface area contributed by atoms with Crippen molar-refractivity contribution in [1.29, 1.82) is 0 Å². The molecule has 23 heavy (non-hydrogen) atoms. The first-order valence-corrected chi connectivity index (χ1v) is 8.01. The van der Waals surface area contributed by atoms with Gasteiger partial charge in [-0.2, -0.15) is 0 Å². The maximum absolute atomic E-state index is 11.4. The summed E-state index contributed by atoms with van der Waals surface area (Å²) in [6.45, 7) is 3.10. The smallest absolute Gasteiger partial charge is 0.293 e. The number of rotatable bonds is 7. The molecule has 0 spiro atoms. The van der Waals surface area contributed by atoms with Gasteiger partial charge in [0.2, 0.25) is 0 Å². The van der Waals surface area contributed by atoms with Gasteiger partial charge in [-0.25, -0.2) is 0 Å². The second-order valence-corrected chi connectivity index (χ2v) is 6.84. The Morgan fingerprint density at radius 1 is 1.35 bits per heavy atom. The molecule has 0 unspecified atom stereocenters. The van der Waals surface area contributed by atoms with E-state index >= 15 is 0 Å². The SMILES string of the molecule is CC(=O)c1ccc(NCC2(CN(C)C)CCCC2)c([N+](=O)[O-])c1. The number of Topliss-reactive ketones (excluding diaryl/α,β-unsaturated/α-hetero) is 1. The fourth-order valence-corrected chi connectivity index (χ4v) is 3.52. The summed E-state index contributed by atoms with van der Waals surface area (Å²) in [5, 5.41) is 14.6. The van der Waals surface area contributed by atoms with Crippen LogP contribution >= 0.6 is 0 Å². The van der Waals surface area contributed by atoms with Crippen LogP contribution in [0.5, 0.6) is 0 Å². The minimum Gasteiger partial charge on any atom is -0.379 e. The minimum atomic E-state index is -0.429. The molecule has 0 saturated heterocycles. The molecule has 126 valence electrons. The number of nitrogens with zero attached hydrogens (tertiary/aromatic N) is 2. The van der Waals surface area contributed by atoms with Crippen LogP contribution in [0.15, 0.2) is 18.2 Å². The van der Waals surface area contributed by atoms with E-state index in [1.165, 1.54) is 25.8 Å². The zero-order chi connectivity index (χ0) is 17.0. The minimum absolute atomic E-state index is 0.0318. The molecular formula is C17H25N3O3. The first-order valence-electron chi connectivity index (χ1n) is 8.01. The average Bonchev–Trinajstić information content (AvgIpc) is 2.92. The Bertz CT molecular complexity index is 593. The third-order valence-corrected chi connectivity index (χ3v) is 4.57. The second-order valence-electron chi connectivity index (χ2n) is 6.84. The number of nitro groups is 1. The largest absolute Gasteiger partial charge is 0.379 e. The Morgan fingerprint density at radius 2 is 2.00 bits per heavy atom. The summed E-state index contributed by atoms with van der Waals surface area (Å²) in [6.07, 6.45) is 4.69. The molecule has 1 saturated carbocycles. The average molecular weight is 319 g/mol. The molecule has 6 heteroatoms. The van der Waals surface area contributed by atoms with E-state index in [9.17, 15) is 14.9 Å². The summed E-state index contributed by atoms with van der Waals surface area (Å²) in [7, 11) is 4.12. The van der Waals surface area contributed by atoms with Gasteiger partial charge in [0.25, 0.3) is 5.69 Å². The number of carbonyl (C=O) groups excluding carboxylic acids is 1. The van der Waals surface area contributed by atoms with Crippen LogP contribution in [0.4, 0.5) is 11.4 Å². The zero-order valence-electron chi connectivity index (χ0n) is 14.1. The number of anilines is 1. The normalized spacial score (nSPS) is 16.5. The standard InChI is InChI=1S/C17H25N3O3/c1-13(21)14-6-7-15(16(10-14)20(22)23)18-11-17(12-19(2)3)8-4-5-9-17/h6-7,10,18H,4-5,8-9,11-12H2,1-3H3. The number of hydrogen-bond acceptors (Lipinski definition) is 5. The van der Waals surface area contributed by atoms with Crippen molar-refractivity contribution < 1.29 is 9.72 Å². The van der Waals surface area contributed by atoms with E-state index in [1.54, 1.807) is 12.1 Å². The van der Waals surface area contributed by atoms with E-state index in [0.29, 0.717) is 17.8 Å². The van der Waals surface area contributed by atoms with Gasteiger partial charge in [0.05, 0.1) is 4.92 Å². The van der Waals surface area contributed by atoms with Crippen molar-refractivity contribution in [3.63, 3.8) is 0 Å². The molecule has 0 atom stereocenters. The topological polar surface area (TPSA) is 75.5 Å². The highest BCUT2D eigenvalue weighted by Gasteiger charge is 2.34. The molecule has 1 N–H and O–H groups in total. The van der Waals surface area contributed by atoms with E-state index in [-0.39, 0.29) is 16.9 Å². The fraction of sp³-hybridized carbons (Fsp3) is 0.588. The zero-order valence-corrected chi connectivity index (χ0v) is 14.1. The third-order valence-electron chi connectivity index (χ3n) is 4.57. The van der Waals surface area contributed by atoms with Gasteiger partial charge >= 0.3 is 0 Å². The highest BCUT2D eigenvalue weighted by Crippen LogP contribution is 2.39. The summed E-state index contributed by atoms with van der Waals surface area (Å²) < 4.78 is 0. The monoisotopic (exact) mass is 319 g/mol. The van der Waals surface area contributed by atoms with E-state index in [2.05, 4.69) is 24.3 Å². The van der Waals surface area contributed by atoms with Crippen molar-refractivity contribution in [2.45, 2.75) is 32.6 Å². The number of benzene rings is 1. The van der Waals surface area contributed by atoms with Gasteiger partial charge in [-0.1, -0.05) is 12.8 Å². The van der Waals surface area contributed by atoms with E-state index in [0.717, 1.165) is 19.4 Å². The van der Waals surface area contributed by atoms with Crippen LogP contribution in [-0.2, 0) is 0 Å². The summed E-state index contributed by atoms with van der Waals surface area (Å²) in [6, 6.07) is 4.65. The van der Waals surface area contributed by atoms with Crippen LogP contribution in [0.2, 0.25) is 0 Å². The number of nitrogens with one attached hydrogen (secondary N) is 1. The predicted octanol–water partition coefficient (Wildman–Crippen LogP) is 3.33. The molecule has 0 radical (unpaired) electrons. The second kappa shape index (κ2) is 7.08. The van der Waals surface area contributed by atoms with Gasteiger partial charge in [-0.3, -0.25) is 14.9 Å². The van der Waals surface area contributed by atoms with Gasteiger partial charge in [-0.05, 0) is 46.0 Å². The van der Waals surface area contributed by atoms with Crippen LogP contribution < -0.4 is 5.32 Å². The van der Waals surface area contributed by atoms with Gasteiger partial charge < -0.3 is 10.2 Å². The van der Waals surface area contributed by atoms with Crippen LogP contribution in [0, 0.1) is 15.5 Å². The maximum Gasteiger partial charge on any atom is 0.293 e. The van der Waals surface area contributed by atoms with Crippen LogP contribution in [0.25, 0.3) is 0 Å². The van der Waals surface area contributed by atoms with Crippen molar-refractivity contribution in [2.24, 2.45) is 5.41 Å². The number of carbonyl (C=O) groups is 1. The van der Waals surface area contributed by atoms with Gasteiger partial charge in [-0.15, -0.1) is 0 Å². The Kier molecular flexibility index (Phi) is 5.36. The van der Waals surface area contributed by atoms with Crippen molar-refractivity contribution >= 4 is 17.2 Å². The Hall–Kier alpha value is -1.95. The van der Waals surface area contributed by atoms with E-state index in [4.69, 9.17) is 0 Å². The van der Waals surface area contributed by atoms with Crippen molar-refractivity contribution in [3.05, 3.63) is 33.9 Å². The van der Waals surface area contributed by atoms with Crippen molar-refractivity contribution in [1.82, 2.24) is 4.90 Å². The van der Waals surface area contributed by atoms with Gasteiger partial charge in [0, 0.05) is 30.1 Å². The highest BCUT2D eigenvalue weighted by molar-refractivity contribution is 5.95. The first-order chi connectivity index (χ1) is 10.8. The lowest BCUT2D eigenvalue weighted by molar-refractivity contribution is -0.384. The Balaban J connectivity index is 2.18. The molecule has 2 rings (SSSR count). The number of nitro benzene ring substituents is 1. The highest BCUT2D eigenvalue weighted by atomic mass is 16.6. The lowest BCUT2D eigenvalue weighted by Gasteiger charge is -2.32. The lowest BCUT2D eigenvalue weighted by atomic mass is 9.85. The first kappa shape index (κ1) is 17.4. The van der Waals surface area contributed by atoms with Crippen LogP contribution in [0.3, 0.4) is 0 Å². The maximum atomic E-state index is 11.4. The summed E-state index contributed by atoms with van der Waals surface area (Å²) in [4.78, 5) is 24.5. The van der Waals surface area contributed by atoms with Crippen molar-refractivity contribution in [2.75, 3.05) is 32.5 Å². The molecule has 1 aliphatic carbocycles. The van der Waals surface area contributed by atoms with Gasteiger partial charge in [0.1, 0.15) is 5.69 Å². The summed E-state index contributed by atoms with van der Waals surface area (Å²) in [5.74, 6) is -0.167. The Labute approximate surface area is 137 Å². The molecule has 0 bridgehead atoms. The lowest BCUT2D eigenvalue weighted by Crippen LogP contribution is -2.37. The van der Waals surface area contributed by atoms with E-state index < -0.39 is 4.92 Å². The third kappa shape index (κ3) is 4.28. The van der Waals surface area contributed by atoms with Crippen molar-refractivity contribution in [3.8, 4) is 0 Å². The summed E-state index contributed by atoms with van der Waals surface area (Å²) >= 11 is 0.